The molecule has 0 saturated carbocycles. The largest absolute Gasteiger partial charge is 0.471 e. The van der Waals surface area contributed by atoms with Crippen molar-refractivity contribution in [3.05, 3.63) is 35.4 Å². The molecular weight excluding hydrogens is 464 g/mol. The normalized spacial score (nSPS) is 20.2. The second kappa shape index (κ2) is 10.3. The van der Waals surface area contributed by atoms with E-state index in [0.717, 1.165) is 43.0 Å². The monoisotopic (exact) mass is 487 g/mol. The van der Waals surface area contributed by atoms with E-state index in [2.05, 4.69) is 0 Å². The molecule has 0 bridgehead atoms. The van der Waals surface area contributed by atoms with Gasteiger partial charge >= 0.3 is 18.3 Å². The molecule has 2 amide bonds. The molecule has 2 aliphatic heterocycles. The Hall–Kier alpha value is -2.01. The van der Waals surface area contributed by atoms with E-state index in [1.807, 2.05) is 4.90 Å². The molecule has 0 N–H and O–H groups in total. The molecule has 1 aromatic carbocycles. The lowest BCUT2D eigenvalue weighted by Crippen LogP contribution is -2.61. The van der Waals surface area contributed by atoms with Gasteiger partial charge in [-0.15, -0.1) is 12.4 Å². The summed E-state index contributed by atoms with van der Waals surface area (Å²) < 4.78 is 76.7. The van der Waals surface area contributed by atoms with Crippen LogP contribution in [0.3, 0.4) is 0 Å². The minimum atomic E-state index is -4.98. The highest BCUT2D eigenvalue weighted by Crippen LogP contribution is 2.29. The van der Waals surface area contributed by atoms with Crippen molar-refractivity contribution in [3.8, 4) is 0 Å². The summed E-state index contributed by atoms with van der Waals surface area (Å²) in [5.41, 5.74) is -0.443. The Morgan fingerprint density at radius 3 is 2.03 bits per heavy atom. The lowest BCUT2D eigenvalue weighted by Gasteiger charge is -2.43. The number of amides is 2. The van der Waals surface area contributed by atoms with Gasteiger partial charge in [-0.05, 0) is 43.6 Å². The number of nitrogens with zero attached hydrogens (tertiary/aromatic N) is 3. The van der Waals surface area contributed by atoms with Crippen LogP contribution in [0.15, 0.2) is 24.3 Å². The third-order valence-corrected chi connectivity index (χ3v) is 5.64. The second-order valence-electron chi connectivity index (χ2n) is 7.87. The quantitative estimate of drug-likeness (QED) is 0.612. The lowest BCUT2D eigenvalue weighted by atomic mass is 10.1. The zero-order valence-corrected chi connectivity index (χ0v) is 17.9. The van der Waals surface area contributed by atoms with Crippen LogP contribution in [0.4, 0.5) is 26.3 Å². The van der Waals surface area contributed by atoms with Crippen LogP contribution < -0.4 is 0 Å². The zero-order chi connectivity index (χ0) is 22.8. The third kappa shape index (κ3) is 6.50. The smallest absolute Gasteiger partial charge is 0.335 e. The van der Waals surface area contributed by atoms with Crippen LogP contribution in [0.25, 0.3) is 0 Å². The molecule has 0 aliphatic carbocycles. The molecular formula is C20H24ClF6N3O2. The number of piperazine rings is 1. The van der Waals surface area contributed by atoms with Gasteiger partial charge in [0.25, 0.3) is 0 Å². The van der Waals surface area contributed by atoms with E-state index in [1.54, 1.807) is 0 Å². The maximum absolute atomic E-state index is 12.9. The summed E-state index contributed by atoms with van der Waals surface area (Å²) >= 11 is 0. The fourth-order valence-corrected chi connectivity index (χ4v) is 4.05. The van der Waals surface area contributed by atoms with Crippen molar-refractivity contribution in [2.75, 3.05) is 39.3 Å². The SMILES string of the molecule is Cl.O=C(Cc1ccc(C(F)(F)F)cc1)N1CCN(C(=O)C(F)(F)F)C[C@H]1CN1CCCC1. The summed E-state index contributed by atoms with van der Waals surface area (Å²) in [4.78, 5) is 28.8. The highest BCUT2D eigenvalue weighted by molar-refractivity contribution is 5.85. The molecule has 3 rings (SSSR count). The molecule has 0 aromatic heterocycles. The van der Waals surface area contributed by atoms with Crippen molar-refractivity contribution in [1.82, 2.24) is 14.7 Å². The Labute approximate surface area is 187 Å². The molecule has 2 aliphatic rings. The van der Waals surface area contributed by atoms with Crippen LogP contribution in [0, 0.1) is 0 Å². The summed E-state index contributed by atoms with van der Waals surface area (Å²) in [5, 5.41) is 0. The molecule has 0 unspecified atom stereocenters. The Bertz CT molecular complexity index is 794. The van der Waals surface area contributed by atoms with Gasteiger partial charge in [0.15, 0.2) is 0 Å². The second-order valence-corrected chi connectivity index (χ2v) is 7.87. The highest BCUT2D eigenvalue weighted by Gasteiger charge is 2.45. The summed E-state index contributed by atoms with van der Waals surface area (Å²) in [6.45, 7) is 1.36. The van der Waals surface area contributed by atoms with Crippen molar-refractivity contribution in [3.63, 3.8) is 0 Å². The van der Waals surface area contributed by atoms with E-state index in [-0.39, 0.29) is 44.4 Å². The van der Waals surface area contributed by atoms with Crippen molar-refractivity contribution in [2.45, 2.75) is 37.7 Å². The number of likely N-dealkylation sites (tertiary alicyclic amines) is 1. The van der Waals surface area contributed by atoms with Gasteiger partial charge in [-0.1, -0.05) is 12.1 Å². The van der Waals surface area contributed by atoms with Gasteiger partial charge in [0, 0.05) is 26.2 Å². The van der Waals surface area contributed by atoms with Crippen molar-refractivity contribution < 1.29 is 35.9 Å². The van der Waals surface area contributed by atoms with Crippen LogP contribution in [-0.2, 0) is 22.2 Å². The molecule has 1 aromatic rings. The fraction of sp³-hybridized carbons (Fsp3) is 0.600. The Morgan fingerprint density at radius 2 is 1.50 bits per heavy atom. The molecule has 32 heavy (non-hydrogen) atoms. The number of carbonyl (C=O) groups is 2. The van der Waals surface area contributed by atoms with Crippen LogP contribution in [0.2, 0.25) is 0 Å². The summed E-state index contributed by atoms with van der Waals surface area (Å²) in [7, 11) is 0. The average molecular weight is 488 g/mol. The van der Waals surface area contributed by atoms with E-state index in [9.17, 15) is 35.9 Å². The van der Waals surface area contributed by atoms with Crippen molar-refractivity contribution >= 4 is 24.2 Å². The van der Waals surface area contributed by atoms with Gasteiger partial charge in [0.1, 0.15) is 0 Å². The first-order valence-corrected chi connectivity index (χ1v) is 9.99. The Kier molecular flexibility index (Phi) is 8.44. The van der Waals surface area contributed by atoms with E-state index in [0.29, 0.717) is 12.1 Å². The third-order valence-electron chi connectivity index (χ3n) is 5.64. The van der Waals surface area contributed by atoms with Crippen LogP contribution in [-0.4, -0.2) is 78.0 Å². The minimum Gasteiger partial charge on any atom is -0.335 e. The average Bonchev–Trinajstić information content (AvgIpc) is 3.19. The molecule has 1 atom stereocenters. The van der Waals surface area contributed by atoms with Crippen LogP contribution >= 0.6 is 12.4 Å². The van der Waals surface area contributed by atoms with E-state index in [4.69, 9.17) is 0 Å². The zero-order valence-electron chi connectivity index (χ0n) is 17.1. The highest BCUT2D eigenvalue weighted by atomic mass is 35.5. The Balaban J connectivity index is 0.00000363. The maximum atomic E-state index is 12.9. The first-order chi connectivity index (χ1) is 14.4. The number of hydrogen-bond donors (Lipinski definition) is 0. The maximum Gasteiger partial charge on any atom is 0.471 e. The number of benzene rings is 1. The molecule has 2 heterocycles. The van der Waals surface area contributed by atoms with Gasteiger partial charge in [0.05, 0.1) is 18.0 Å². The number of alkyl halides is 6. The lowest BCUT2D eigenvalue weighted by molar-refractivity contribution is -0.188. The van der Waals surface area contributed by atoms with E-state index in [1.165, 1.54) is 17.0 Å². The topological polar surface area (TPSA) is 43.9 Å². The van der Waals surface area contributed by atoms with Crippen LogP contribution in [0.1, 0.15) is 24.0 Å². The minimum absolute atomic E-state index is 0. The molecule has 2 saturated heterocycles. The number of hydrogen-bond acceptors (Lipinski definition) is 3. The van der Waals surface area contributed by atoms with Crippen LogP contribution in [0.5, 0.6) is 0 Å². The molecule has 5 nitrogen and oxygen atoms in total. The van der Waals surface area contributed by atoms with Gasteiger partial charge < -0.3 is 14.7 Å². The predicted molar refractivity (Wildman–Crippen MR) is 106 cm³/mol. The first kappa shape index (κ1) is 26.2. The summed E-state index contributed by atoms with van der Waals surface area (Å²) in [6, 6.07) is 3.62. The molecule has 0 spiro atoms. The summed E-state index contributed by atoms with van der Waals surface area (Å²) in [6.07, 6.45) is -7.72. The first-order valence-electron chi connectivity index (χ1n) is 9.99. The predicted octanol–water partition coefficient (Wildman–Crippen LogP) is 3.37. The van der Waals surface area contributed by atoms with Crippen molar-refractivity contribution in [1.29, 1.82) is 0 Å². The van der Waals surface area contributed by atoms with Gasteiger partial charge in [-0.25, -0.2) is 0 Å². The fourth-order valence-electron chi connectivity index (χ4n) is 4.05. The number of rotatable bonds is 4. The summed E-state index contributed by atoms with van der Waals surface area (Å²) in [5.74, 6) is -2.31. The van der Waals surface area contributed by atoms with E-state index >= 15 is 0 Å². The van der Waals surface area contributed by atoms with Crippen molar-refractivity contribution in [2.24, 2.45) is 0 Å². The van der Waals surface area contributed by atoms with Gasteiger partial charge in [-0.2, -0.15) is 26.3 Å². The Morgan fingerprint density at radius 1 is 0.906 bits per heavy atom. The molecule has 12 heteroatoms. The molecule has 0 radical (unpaired) electrons. The molecule has 2 fully saturated rings. The van der Waals surface area contributed by atoms with Gasteiger partial charge in [-0.3, -0.25) is 9.59 Å². The number of halogens is 7. The van der Waals surface area contributed by atoms with E-state index < -0.39 is 29.9 Å². The van der Waals surface area contributed by atoms with Gasteiger partial charge in [0.2, 0.25) is 5.91 Å². The standard InChI is InChI=1S/C20H23F6N3O2.ClH/c21-19(22,23)15-5-3-14(4-6-15)11-17(30)29-10-9-28(18(31)20(24,25)26)13-16(29)12-27-7-1-2-8-27;/h3-6,16H,1-2,7-13H2;1H/t16-;/m1./s1. The molecule has 180 valence electrons. The number of carbonyl (C=O) groups excluding carboxylic acids is 2.